The summed E-state index contributed by atoms with van der Waals surface area (Å²) in [6.45, 7) is 2.47. The molecule has 1 fully saturated rings. The molecule has 1 aliphatic heterocycles. The van der Waals surface area contributed by atoms with Crippen LogP contribution in [0.3, 0.4) is 0 Å². The lowest BCUT2D eigenvalue weighted by Gasteiger charge is -2.33. The van der Waals surface area contributed by atoms with Crippen LogP contribution < -0.4 is 4.74 Å². The molecule has 1 aromatic heterocycles. The Morgan fingerprint density at radius 3 is 2.16 bits per heavy atom. The zero-order chi connectivity index (χ0) is 22.9. The minimum atomic E-state index is -3.86. The van der Waals surface area contributed by atoms with Gasteiger partial charge in [-0.25, -0.2) is 16.8 Å². The van der Waals surface area contributed by atoms with Crippen molar-refractivity contribution in [1.82, 2.24) is 13.6 Å². The summed E-state index contributed by atoms with van der Waals surface area (Å²) in [5, 5.41) is 0.909. The molecule has 0 saturated carbocycles. The Hall–Kier alpha value is -2.24. The Morgan fingerprint density at radius 2 is 1.53 bits per heavy atom. The van der Waals surface area contributed by atoms with E-state index >= 15 is 0 Å². The fourth-order valence-electron chi connectivity index (χ4n) is 3.66. The van der Waals surface area contributed by atoms with Crippen molar-refractivity contribution < 1.29 is 21.6 Å². The number of ether oxygens (including phenoxy) is 1. The molecule has 0 spiro atoms. The summed E-state index contributed by atoms with van der Waals surface area (Å²) < 4.78 is 60.8. The van der Waals surface area contributed by atoms with Gasteiger partial charge in [-0.15, -0.1) is 0 Å². The van der Waals surface area contributed by atoms with Crippen LogP contribution in [0.1, 0.15) is 6.92 Å². The lowest BCUT2D eigenvalue weighted by Crippen LogP contribution is -2.50. The van der Waals surface area contributed by atoms with E-state index in [1.165, 1.54) is 38.9 Å². The van der Waals surface area contributed by atoms with Gasteiger partial charge in [0.1, 0.15) is 11.3 Å². The lowest BCUT2D eigenvalue weighted by molar-refractivity contribution is 0.273. The third-order valence-electron chi connectivity index (χ3n) is 5.26. The average molecular weight is 496 g/mol. The highest BCUT2D eigenvalue weighted by Gasteiger charge is 2.34. The predicted octanol–water partition coefficient (Wildman–Crippen LogP) is 2.98. The van der Waals surface area contributed by atoms with Crippen LogP contribution in [0.4, 0.5) is 0 Å². The molecule has 0 N–H and O–H groups in total. The molecule has 1 aliphatic rings. The first-order valence-corrected chi connectivity index (χ1v) is 13.3. The third-order valence-corrected chi connectivity index (χ3v) is 9.38. The van der Waals surface area contributed by atoms with E-state index in [-0.39, 0.29) is 36.0 Å². The number of fused-ring (bicyclic) bond motifs is 1. The van der Waals surface area contributed by atoms with Crippen LogP contribution in [-0.4, -0.2) is 63.2 Å². The Morgan fingerprint density at radius 1 is 0.906 bits per heavy atom. The third kappa shape index (κ3) is 4.20. The van der Waals surface area contributed by atoms with Gasteiger partial charge in [0.15, 0.2) is 0 Å². The van der Waals surface area contributed by atoms with Crippen molar-refractivity contribution in [3.05, 3.63) is 59.8 Å². The maximum Gasteiger partial charge on any atom is 0.243 e. The van der Waals surface area contributed by atoms with Gasteiger partial charge in [-0.2, -0.15) is 8.61 Å². The van der Waals surface area contributed by atoms with Gasteiger partial charge in [0.25, 0.3) is 0 Å². The van der Waals surface area contributed by atoms with E-state index < -0.39 is 20.0 Å². The number of nitrogens with zero attached hydrogens (tertiary/aromatic N) is 3. The molecule has 3 aromatic rings. The first-order valence-electron chi connectivity index (χ1n) is 10.0. The molecule has 0 amide bonds. The van der Waals surface area contributed by atoms with Crippen molar-refractivity contribution in [3.63, 3.8) is 0 Å². The summed E-state index contributed by atoms with van der Waals surface area (Å²) in [5.74, 6) is 0.515. The molecule has 11 heteroatoms. The van der Waals surface area contributed by atoms with Crippen LogP contribution in [0.15, 0.2) is 64.5 Å². The number of pyridine rings is 1. The number of halogens is 1. The maximum atomic E-state index is 13.4. The molecular weight excluding hydrogens is 474 g/mol. The van der Waals surface area contributed by atoms with Gasteiger partial charge in [-0.3, -0.25) is 4.98 Å². The van der Waals surface area contributed by atoms with Crippen molar-refractivity contribution in [2.45, 2.75) is 16.7 Å². The van der Waals surface area contributed by atoms with Crippen molar-refractivity contribution in [2.24, 2.45) is 0 Å². The SMILES string of the molecule is CCOc1ccc(S(=O)(=O)N2CCN(S(=O)(=O)c3ccc(Cl)cc3)CC2)c2cccnc12. The summed E-state index contributed by atoms with van der Waals surface area (Å²) in [5.41, 5.74) is 0.472. The second-order valence-electron chi connectivity index (χ2n) is 7.16. The number of sulfonamides is 2. The molecule has 0 unspecified atom stereocenters. The first-order chi connectivity index (χ1) is 15.2. The molecular formula is C21H22ClN3O5S2. The highest BCUT2D eigenvalue weighted by atomic mass is 35.5. The molecule has 2 aromatic carbocycles. The van der Waals surface area contributed by atoms with Gasteiger partial charge < -0.3 is 4.74 Å². The number of piperazine rings is 1. The standard InChI is InChI=1S/C21H22ClN3O5S2/c1-2-30-19-9-10-20(18-4-3-11-23-21(18)19)32(28,29)25-14-12-24(13-15-25)31(26,27)17-7-5-16(22)6-8-17/h3-11H,2,12-15H2,1H3. The van der Waals surface area contributed by atoms with Crippen molar-refractivity contribution in [2.75, 3.05) is 32.8 Å². The van der Waals surface area contributed by atoms with E-state index in [1.807, 2.05) is 6.92 Å². The maximum absolute atomic E-state index is 13.4. The molecule has 1 saturated heterocycles. The number of rotatable bonds is 6. The summed E-state index contributed by atoms with van der Waals surface area (Å²) >= 11 is 5.85. The molecule has 0 bridgehead atoms. The second kappa shape index (κ2) is 8.95. The fraction of sp³-hybridized carbons (Fsp3) is 0.286. The Bertz CT molecular complexity index is 1340. The second-order valence-corrected chi connectivity index (χ2v) is 11.4. The summed E-state index contributed by atoms with van der Waals surface area (Å²) in [6, 6.07) is 12.4. The zero-order valence-corrected chi connectivity index (χ0v) is 19.7. The Labute approximate surface area is 192 Å². The highest BCUT2D eigenvalue weighted by Crippen LogP contribution is 2.32. The Kier molecular flexibility index (Phi) is 6.42. The van der Waals surface area contributed by atoms with E-state index in [2.05, 4.69) is 4.98 Å². The van der Waals surface area contributed by atoms with E-state index in [0.29, 0.717) is 28.3 Å². The molecule has 170 valence electrons. The number of benzene rings is 2. The largest absolute Gasteiger partial charge is 0.492 e. The first kappa shape index (κ1) is 22.9. The number of hydrogen-bond donors (Lipinski definition) is 0. The average Bonchev–Trinajstić information content (AvgIpc) is 2.80. The molecule has 8 nitrogen and oxygen atoms in total. The molecule has 0 aliphatic carbocycles. The monoisotopic (exact) mass is 495 g/mol. The van der Waals surface area contributed by atoms with E-state index in [4.69, 9.17) is 16.3 Å². The van der Waals surface area contributed by atoms with Gasteiger partial charge in [0.05, 0.1) is 16.4 Å². The van der Waals surface area contributed by atoms with Crippen LogP contribution in [-0.2, 0) is 20.0 Å². The van der Waals surface area contributed by atoms with Crippen molar-refractivity contribution in [1.29, 1.82) is 0 Å². The van der Waals surface area contributed by atoms with Crippen LogP contribution in [0.2, 0.25) is 5.02 Å². The normalized spacial score (nSPS) is 16.3. The number of hydrogen-bond acceptors (Lipinski definition) is 6. The fourth-order valence-corrected chi connectivity index (χ4v) is 6.82. The topological polar surface area (TPSA) is 96.9 Å². The van der Waals surface area contributed by atoms with E-state index in [9.17, 15) is 16.8 Å². The summed E-state index contributed by atoms with van der Waals surface area (Å²) in [6.07, 6.45) is 1.58. The Balaban J connectivity index is 1.59. The summed E-state index contributed by atoms with van der Waals surface area (Å²) in [7, 11) is -7.59. The zero-order valence-electron chi connectivity index (χ0n) is 17.3. The van der Waals surface area contributed by atoms with Crippen molar-refractivity contribution >= 4 is 42.6 Å². The van der Waals surface area contributed by atoms with Gasteiger partial charge in [-0.1, -0.05) is 11.6 Å². The minimum absolute atomic E-state index is 0.0458. The van der Waals surface area contributed by atoms with Gasteiger partial charge in [0, 0.05) is 42.8 Å². The number of aromatic nitrogens is 1. The van der Waals surface area contributed by atoms with Gasteiger partial charge in [0.2, 0.25) is 20.0 Å². The molecule has 32 heavy (non-hydrogen) atoms. The predicted molar refractivity (Wildman–Crippen MR) is 122 cm³/mol. The van der Waals surface area contributed by atoms with Gasteiger partial charge in [-0.05, 0) is 55.5 Å². The molecule has 2 heterocycles. The van der Waals surface area contributed by atoms with E-state index in [0.717, 1.165) is 0 Å². The van der Waals surface area contributed by atoms with Crippen LogP contribution in [0.5, 0.6) is 5.75 Å². The molecule has 0 radical (unpaired) electrons. The summed E-state index contributed by atoms with van der Waals surface area (Å²) in [4.78, 5) is 4.55. The minimum Gasteiger partial charge on any atom is -0.492 e. The quantitative estimate of drug-likeness (QED) is 0.521. The smallest absolute Gasteiger partial charge is 0.243 e. The van der Waals surface area contributed by atoms with Crippen LogP contribution >= 0.6 is 11.6 Å². The van der Waals surface area contributed by atoms with Crippen LogP contribution in [0.25, 0.3) is 10.9 Å². The molecule has 0 atom stereocenters. The van der Waals surface area contributed by atoms with Crippen molar-refractivity contribution in [3.8, 4) is 5.75 Å². The van der Waals surface area contributed by atoms with Crippen LogP contribution in [0, 0.1) is 0 Å². The molecule has 4 rings (SSSR count). The van der Waals surface area contributed by atoms with E-state index in [1.54, 1.807) is 24.4 Å². The van der Waals surface area contributed by atoms with Gasteiger partial charge >= 0.3 is 0 Å². The highest BCUT2D eigenvalue weighted by molar-refractivity contribution is 7.89. The lowest BCUT2D eigenvalue weighted by atomic mass is 10.2.